The fourth-order valence-electron chi connectivity index (χ4n) is 4.84. The molecule has 0 unspecified atom stereocenters. The molecule has 0 spiro atoms. The van der Waals surface area contributed by atoms with Crippen LogP contribution < -0.4 is 0 Å². The molecule has 0 saturated heterocycles. The first kappa shape index (κ1) is 38.8. The van der Waals surface area contributed by atoms with Crippen LogP contribution in [0.15, 0.2) is 0 Å². The van der Waals surface area contributed by atoms with E-state index in [4.69, 9.17) is 39.8 Å². The van der Waals surface area contributed by atoms with Crippen LogP contribution in [0.5, 0.6) is 0 Å². The van der Waals surface area contributed by atoms with Gasteiger partial charge in [-0.3, -0.25) is 4.79 Å². The number of carbonyl (C=O) groups is 1. The Balaban J connectivity index is 4.93. The summed E-state index contributed by atoms with van der Waals surface area (Å²) in [4.78, 5) is 14.8. The predicted molar refractivity (Wildman–Crippen MR) is 157 cm³/mol. The van der Waals surface area contributed by atoms with Gasteiger partial charge in [-0.1, -0.05) is 12.8 Å². The topological polar surface area (TPSA) is 103 Å². The summed E-state index contributed by atoms with van der Waals surface area (Å²) in [5.41, 5.74) is 0. The van der Waals surface area contributed by atoms with Crippen molar-refractivity contribution in [3.05, 3.63) is 0 Å². The van der Waals surface area contributed by atoms with Gasteiger partial charge in [-0.2, -0.15) is 0 Å². The minimum atomic E-state index is -2.60. The fourth-order valence-corrected chi connectivity index (χ4v) is 10.2. The minimum absolute atomic E-state index is 0.161. The minimum Gasteiger partial charge on any atom is -0.377 e. The summed E-state index contributed by atoms with van der Waals surface area (Å²) < 4.78 is 49.8. The molecule has 0 heterocycles. The maximum atomic E-state index is 12.9. The second-order valence-electron chi connectivity index (χ2n) is 9.73. The molecule has 0 aliphatic heterocycles. The van der Waals surface area contributed by atoms with Gasteiger partial charge in [0.2, 0.25) is 5.91 Å². The number of amides is 1. The number of rotatable bonds is 26. The molecule has 1 amide bonds. The van der Waals surface area contributed by atoms with Gasteiger partial charge in [0.15, 0.2) is 0 Å². The van der Waals surface area contributed by atoms with E-state index in [9.17, 15) is 4.79 Å². The lowest BCUT2D eigenvalue weighted by molar-refractivity contribution is -0.130. The molecule has 0 saturated carbocycles. The Labute approximate surface area is 241 Å². The van der Waals surface area contributed by atoms with Gasteiger partial charge in [-0.25, -0.2) is 0 Å². The van der Waals surface area contributed by atoms with E-state index in [1.54, 1.807) is 64.0 Å². The van der Waals surface area contributed by atoms with Gasteiger partial charge >= 0.3 is 26.4 Å². The zero-order valence-corrected chi connectivity index (χ0v) is 29.3. The van der Waals surface area contributed by atoms with Crippen molar-refractivity contribution in [3.8, 4) is 0 Å². The van der Waals surface area contributed by atoms with Crippen LogP contribution in [-0.4, -0.2) is 115 Å². The van der Waals surface area contributed by atoms with E-state index in [1.165, 1.54) is 0 Å². The Hall–Kier alpha value is -0.239. The molecule has 11 nitrogen and oxygen atoms in total. The van der Waals surface area contributed by atoms with Gasteiger partial charge < -0.3 is 44.7 Å². The van der Waals surface area contributed by atoms with Crippen molar-refractivity contribution in [2.75, 3.05) is 77.6 Å². The summed E-state index contributed by atoms with van der Waals surface area (Å²) in [5, 5.41) is 0. The van der Waals surface area contributed by atoms with Gasteiger partial charge in [0, 0.05) is 102 Å². The van der Waals surface area contributed by atoms with Crippen molar-refractivity contribution < 1.29 is 44.6 Å². The molecule has 39 heavy (non-hydrogen) atoms. The van der Waals surface area contributed by atoms with Crippen LogP contribution in [0.2, 0.25) is 18.1 Å². The Kier molecular flexibility index (Phi) is 21.3. The van der Waals surface area contributed by atoms with Crippen LogP contribution in [0.3, 0.4) is 0 Å². The van der Waals surface area contributed by atoms with E-state index in [0.717, 1.165) is 70.0 Å². The van der Waals surface area contributed by atoms with Crippen molar-refractivity contribution in [3.63, 3.8) is 0 Å². The maximum Gasteiger partial charge on any atom is 0.500 e. The van der Waals surface area contributed by atoms with E-state index in [0.29, 0.717) is 18.4 Å². The van der Waals surface area contributed by atoms with Crippen LogP contribution in [0, 0.1) is 5.92 Å². The van der Waals surface area contributed by atoms with Gasteiger partial charge in [0.05, 0.1) is 0 Å². The lowest BCUT2D eigenvalue weighted by Crippen LogP contribution is -2.42. The van der Waals surface area contributed by atoms with Crippen LogP contribution in [0.4, 0.5) is 0 Å². The summed E-state index contributed by atoms with van der Waals surface area (Å²) in [7, 11) is 8.89. The van der Waals surface area contributed by atoms with Gasteiger partial charge in [-0.15, -0.1) is 0 Å². The van der Waals surface area contributed by atoms with E-state index in [-0.39, 0.29) is 5.91 Å². The van der Waals surface area contributed by atoms with Crippen molar-refractivity contribution in [1.29, 1.82) is 0 Å². The lowest BCUT2D eigenvalue weighted by Gasteiger charge is -2.27. The van der Waals surface area contributed by atoms with Crippen LogP contribution >= 0.6 is 0 Å². The van der Waals surface area contributed by atoms with E-state index in [2.05, 4.69) is 0 Å². The third kappa shape index (κ3) is 14.0. The summed E-state index contributed by atoms with van der Waals surface area (Å²) in [6, 6.07) is 2.24. The SMILES string of the molecule is CO[Si](CCCCC(=O)N(C)CC(CCCC[Si](OC)(OC)OC)CCCC[Si](OC)(OC)OC)(OC)OC. The Bertz CT molecular complexity index is 570. The van der Waals surface area contributed by atoms with Gasteiger partial charge in [0.1, 0.15) is 0 Å². The molecule has 0 aromatic rings. The molecule has 0 bridgehead atoms. The molecule has 0 aliphatic rings. The molecule has 0 N–H and O–H groups in total. The van der Waals surface area contributed by atoms with E-state index in [1.807, 2.05) is 11.9 Å². The highest BCUT2D eigenvalue weighted by atomic mass is 28.4. The maximum absolute atomic E-state index is 12.9. The molecule has 0 aliphatic carbocycles. The number of unbranched alkanes of at least 4 members (excludes halogenated alkanes) is 3. The first-order valence-electron chi connectivity index (χ1n) is 13.8. The molecular weight excluding hydrogens is 559 g/mol. The third-order valence-electron chi connectivity index (χ3n) is 7.57. The zero-order chi connectivity index (χ0) is 29.8. The molecule has 0 aromatic heterocycles. The van der Waals surface area contributed by atoms with Crippen LogP contribution in [0.25, 0.3) is 0 Å². The van der Waals surface area contributed by atoms with Gasteiger partial charge in [0.25, 0.3) is 0 Å². The molecule has 234 valence electrons. The van der Waals surface area contributed by atoms with Crippen molar-refractivity contribution in [2.45, 2.75) is 75.9 Å². The van der Waals surface area contributed by atoms with Crippen LogP contribution in [0.1, 0.15) is 57.8 Å². The Morgan fingerprint density at radius 1 is 0.538 bits per heavy atom. The smallest absolute Gasteiger partial charge is 0.377 e. The summed E-state index contributed by atoms with van der Waals surface area (Å²) in [5.74, 6) is 0.551. The Morgan fingerprint density at radius 2 is 0.846 bits per heavy atom. The Morgan fingerprint density at radius 3 is 1.15 bits per heavy atom. The van der Waals surface area contributed by atoms with Crippen molar-refractivity contribution >= 4 is 32.3 Å². The highest BCUT2D eigenvalue weighted by Gasteiger charge is 2.38. The molecule has 0 radical (unpaired) electrons. The van der Waals surface area contributed by atoms with Crippen molar-refractivity contribution in [1.82, 2.24) is 4.90 Å². The van der Waals surface area contributed by atoms with Gasteiger partial charge in [-0.05, 0) is 44.4 Å². The van der Waals surface area contributed by atoms with Crippen LogP contribution in [-0.2, 0) is 44.6 Å². The molecule has 0 rings (SSSR count). The standard InChI is InChI=1S/C25H57NO10Si3/c1-26(25(27)19-13-16-22-39(34-8,35-9)36-10)23-24(17-11-14-20-37(28-2,29-3)30-4)18-12-15-21-38(31-5,32-6)33-7/h24H,11-23H2,1-10H3. The third-order valence-corrected chi connectivity index (χ3v) is 16.1. The predicted octanol–water partition coefficient (Wildman–Crippen LogP) is 4.21. The van der Waals surface area contributed by atoms with E-state index < -0.39 is 26.4 Å². The largest absolute Gasteiger partial charge is 0.500 e. The quantitative estimate of drug-likeness (QED) is 0.104. The first-order valence-corrected chi connectivity index (χ1v) is 19.6. The summed E-state index contributed by atoms with van der Waals surface area (Å²) >= 11 is 0. The number of hydrogen-bond acceptors (Lipinski definition) is 10. The number of nitrogens with zero attached hydrogens (tertiary/aromatic N) is 1. The van der Waals surface area contributed by atoms with Crippen molar-refractivity contribution in [2.24, 2.45) is 5.92 Å². The highest BCUT2D eigenvalue weighted by molar-refractivity contribution is 6.61. The molecule has 0 fully saturated rings. The molecule has 0 atom stereocenters. The van der Waals surface area contributed by atoms with E-state index >= 15 is 0 Å². The number of carbonyl (C=O) groups excluding carboxylic acids is 1. The average molecular weight is 616 g/mol. The molecule has 0 aromatic carbocycles. The molecular formula is C25H57NO10Si3. The second kappa shape index (κ2) is 21.5. The normalized spacial score (nSPS) is 12.9. The number of hydrogen-bond donors (Lipinski definition) is 0. The summed E-state index contributed by atoms with van der Waals surface area (Å²) in [6.45, 7) is 0.731. The average Bonchev–Trinajstić information content (AvgIpc) is 2.98. The monoisotopic (exact) mass is 615 g/mol. The second-order valence-corrected chi connectivity index (χ2v) is 19.0. The zero-order valence-electron chi connectivity index (χ0n) is 26.3. The fraction of sp³-hybridized carbons (Fsp3) is 0.960. The molecule has 14 heteroatoms. The lowest BCUT2D eigenvalue weighted by atomic mass is 9.95. The summed E-state index contributed by atoms with van der Waals surface area (Å²) in [6.07, 6.45) is 8.06. The first-order chi connectivity index (χ1) is 18.6. The highest BCUT2D eigenvalue weighted by Crippen LogP contribution is 2.25.